The molecular formula is C16H18ClNS. The summed E-state index contributed by atoms with van der Waals surface area (Å²) in [5, 5.41) is 4.14. The molecule has 0 aliphatic carbocycles. The number of thiophene rings is 1. The summed E-state index contributed by atoms with van der Waals surface area (Å²) in [6.45, 7) is 5.21. The van der Waals surface area contributed by atoms with Crippen LogP contribution in [0, 0.1) is 0 Å². The van der Waals surface area contributed by atoms with Crippen LogP contribution in [0.25, 0.3) is 16.5 Å². The molecule has 0 fully saturated rings. The zero-order valence-corrected chi connectivity index (χ0v) is 12.8. The van der Waals surface area contributed by atoms with Crippen molar-refractivity contribution >= 4 is 29.0 Å². The first-order valence-electron chi connectivity index (χ1n) is 6.41. The van der Waals surface area contributed by atoms with Crippen LogP contribution in [0.15, 0.2) is 42.5 Å². The lowest BCUT2D eigenvalue weighted by molar-refractivity contribution is 0.633. The molecule has 0 aliphatic heterocycles. The van der Waals surface area contributed by atoms with Gasteiger partial charge in [0.2, 0.25) is 0 Å². The summed E-state index contributed by atoms with van der Waals surface area (Å²) in [4.78, 5) is 2.55. The molecule has 100 valence electrons. The predicted octanol–water partition coefficient (Wildman–Crippen LogP) is 5.08. The van der Waals surface area contributed by atoms with Gasteiger partial charge in [-0.25, -0.2) is 0 Å². The van der Waals surface area contributed by atoms with Crippen LogP contribution in [0.5, 0.6) is 0 Å². The third kappa shape index (κ3) is 4.50. The van der Waals surface area contributed by atoms with Gasteiger partial charge in [0, 0.05) is 27.4 Å². The van der Waals surface area contributed by atoms with Crippen LogP contribution in [-0.2, 0) is 0 Å². The standard InChI is InChI=1S/C16H18ClNS/c1-12(2)18-11-3-4-15-9-10-16(19-15)13-5-7-14(17)8-6-13/h3-10,12,18H,11H2,1-2H3. The minimum absolute atomic E-state index is 0.526. The van der Waals surface area contributed by atoms with E-state index in [2.05, 4.69) is 55.6 Å². The molecule has 0 radical (unpaired) electrons. The largest absolute Gasteiger partial charge is 0.311 e. The van der Waals surface area contributed by atoms with Crippen LogP contribution in [0.3, 0.4) is 0 Å². The fraction of sp³-hybridized carbons (Fsp3) is 0.250. The summed E-state index contributed by atoms with van der Waals surface area (Å²) in [5.74, 6) is 0. The van der Waals surface area contributed by atoms with Gasteiger partial charge >= 0.3 is 0 Å². The van der Waals surface area contributed by atoms with Gasteiger partial charge in [-0.2, -0.15) is 0 Å². The fourth-order valence-corrected chi connectivity index (χ4v) is 2.76. The molecule has 1 nitrogen and oxygen atoms in total. The van der Waals surface area contributed by atoms with Crippen LogP contribution in [0.2, 0.25) is 5.02 Å². The molecule has 2 rings (SSSR count). The molecule has 1 N–H and O–H groups in total. The Hall–Kier alpha value is -1.09. The van der Waals surface area contributed by atoms with Gasteiger partial charge in [-0.15, -0.1) is 11.3 Å². The van der Waals surface area contributed by atoms with Crippen molar-refractivity contribution in [3.05, 3.63) is 52.4 Å². The van der Waals surface area contributed by atoms with Crippen molar-refractivity contribution in [1.82, 2.24) is 5.32 Å². The second-order valence-corrected chi connectivity index (χ2v) is 6.23. The Labute approximate surface area is 123 Å². The van der Waals surface area contributed by atoms with Crippen molar-refractivity contribution in [2.24, 2.45) is 0 Å². The van der Waals surface area contributed by atoms with Gasteiger partial charge in [-0.1, -0.05) is 43.7 Å². The SMILES string of the molecule is CC(C)NCC=Cc1ccc(-c2ccc(Cl)cc2)s1. The van der Waals surface area contributed by atoms with Crippen molar-refractivity contribution in [3.63, 3.8) is 0 Å². The van der Waals surface area contributed by atoms with Gasteiger partial charge in [0.05, 0.1) is 0 Å². The van der Waals surface area contributed by atoms with Crippen LogP contribution >= 0.6 is 22.9 Å². The van der Waals surface area contributed by atoms with Gasteiger partial charge in [-0.3, -0.25) is 0 Å². The van der Waals surface area contributed by atoms with Crippen molar-refractivity contribution in [2.75, 3.05) is 6.54 Å². The Balaban J connectivity index is 2.01. The van der Waals surface area contributed by atoms with E-state index < -0.39 is 0 Å². The first-order valence-corrected chi connectivity index (χ1v) is 7.60. The van der Waals surface area contributed by atoms with Crippen molar-refractivity contribution < 1.29 is 0 Å². The number of hydrogen-bond donors (Lipinski definition) is 1. The number of halogens is 1. The van der Waals surface area contributed by atoms with Crippen LogP contribution < -0.4 is 5.32 Å². The highest BCUT2D eigenvalue weighted by atomic mass is 35.5. The second kappa shape index (κ2) is 6.90. The predicted molar refractivity (Wildman–Crippen MR) is 86.9 cm³/mol. The average Bonchev–Trinajstić information content (AvgIpc) is 2.84. The molecule has 0 amide bonds. The molecular weight excluding hydrogens is 274 g/mol. The van der Waals surface area contributed by atoms with E-state index in [1.165, 1.54) is 15.3 Å². The number of hydrogen-bond acceptors (Lipinski definition) is 2. The number of benzene rings is 1. The van der Waals surface area contributed by atoms with Crippen LogP contribution in [0.4, 0.5) is 0 Å². The lowest BCUT2D eigenvalue weighted by Crippen LogP contribution is -2.22. The molecule has 0 saturated carbocycles. The van der Waals surface area contributed by atoms with Gasteiger partial charge in [0.1, 0.15) is 0 Å². The highest BCUT2D eigenvalue weighted by molar-refractivity contribution is 7.16. The maximum Gasteiger partial charge on any atom is 0.0406 e. The molecule has 2 aromatic rings. The third-order valence-corrected chi connectivity index (χ3v) is 4.03. The van der Waals surface area contributed by atoms with E-state index in [1.807, 2.05) is 12.1 Å². The van der Waals surface area contributed by atoms with E-state index in [4.69, 9.17) is 11.6 Å². The van der Waals surface area contributed by atoms with Crippen LogP contribution in [-0.4, -0.2) is 12.6 Å². The summed E-state index contributed by atoms with van der Waals surface area (Å²) >= 11 is 7.69. The number of rotatable bonds is 5. The Morgan fingerprint density at radius 3 is 2.58 bits per heavy atom. The Bertz CT molecular complexity index is 540. The normalized spacial score (nSPS) is 11.6. The van der Waals surface area contributed by atoms with E-state index in [-0.39, 0.29) is 0 Å². The highest BCUT2D eigenvalue weighted by Crippen LogP contribution is 2.29. The zero-order chi connectivity index (χ0) is 13.7. The Morgan fingerprint density at radius 1 is 1.16 bits per heavy atom. The average molecular weight is 292 g/mol. The topological polar surface area (TPSA) is 12.0 Å². The molecule has 1 aromatic heterocycles. The number of nitrogens with one attached hydrogen (secondary N) is 1. The first kappa shape index (κ1) is 14.3. The summed E-state index contributed by atoms with van der Waals surface area (Å²) in [5.41, 5.74) is 1.22. The molecule has 1 heterocycles. The molecule has 0 spiro atoms. The third-order valence-electron chi connectivity index (χ3n) is 2.68. The maximum absolute atomic E-state index is 5.90. The summed E-state index contributed by atoms with van der Waals surface area (Å²) in [6, 6.07) is 12.8. The molecule has 0 unspecified atom stereocenters. The summed E-state index contributed by atoms with van der Waals surface area (Å²) in [7, 11) is 0. The molecule has 0 atom stereocenters. The zero-order valence-electron chi connectivity index (χ0n) is 11.2. The van der Waals surface area contributed by atoms with Gasteiger partial charge in [0.25, 0.3) is 0 Å². The van der Waals surface area contributed by atoms with E-state index >= 15 is 0 Å². The van der Waals surface area contributed by atoms with Crippen molar-refractivity contribution in [2.45, 2.75) is 19.9 Å². The fourth-order valence-electron chi connectivity index (χ4n) is 1.69. The van der Waals surface area contributed by atoms with Gasteiger partial charge in [0.15, 0.2) is 0 Å². The van der Waals surface area contributed by atoms with E-state index in [9.17, 15) is 0 Å². The van der Waals surface area contributed by atoms with Crippen molar-refractivity contribution in [3.8, 4) is 10.4 Å². The highest BCUT2D eigenvalue weighted by Gasteiger charge is 2.00. The molecule has 1 aromatic carbocycles. The minimum atomic E-state index is 0.526. The van der Waals surface area contributed by atoms with Crippen molar-refractivity contribution in [1.29, 1.82) is 0 Å². The summed E-state index contributed by atoms with van der Waals surface area (Å²) < 4.78 is 0. The minimum Gasteiger partial charge on any atom is -0.311 e. The smallest absolute Gasteiger partial charge is 0.0406 e. The van der Waals surface area contributed by atoms with E-state index in [0.29, 0.717) is 6.04 Å². The molecule has 3 heteroatoms. The Morgan fingerprint density at radius 2 is 1.89 bits per heavy atom. The van der Waals surface area contributed by atoms with E-state index in [1.54, 1.807) is 11.3 Å². The maximum atomic E-state index is 5.90. The Kier molecular flexibility index (Phi) is 5.20. The molecule has 19 heavy (non-hydrogen) atoms. The molecule has 0 aliphatic rings. The molecule has 0 bridgehead atoms. The van der Waals surface area contributed by atoms with Gasteiger partial charge < -0.3 is 5.32 Å². The second-order valence-electron chi connectivity index (χ2n) is 4.67. The quantitative estimate of drug-likeness (QED) is 0.810. The molecule has 0 saturated heterocycles. The van der Waals surface area contributed by atoms with Crippen LogP contribution in [0.1, 0.15) is 18.7 Å². The lowest BCUT2D eigenvalue weighted by atomic mass is 10.2. The van der Waals surface area contributed by atoms with E-state index in [0.717, 1.165) is 11.6 Å². The first-order chi connectivity index (χ1) is 9.15. The van der Waals surface area contributed by atoms with Gasteiger partial charge in [-0.05, 0) is 35.9 Å². The summed E-state index contributed by atoms with van der Waals surface area (Å²) in [6.07, 6.45) is 4.33. The monoisotopic (exact) mass is 291 g/mol. The lowest BCUT2D eigenvalue weighted by Gasteiger charge is -2.02.